The summed E-state index contributed by atoms with van der Waals surface area (Å²) in [6, 6.07) is 16.2. The van der Waals surface area contributed by atoms with Crippen molar-refractivity contribution in [2.24, 2.45) is 5.92 Å². The Balaban J connectivity index is 1.40. The van der Waals surface area contributed by atoms with Crippen molar-refractivity contribution in [3.05, 3.63) is 65.7 Å². The number of ether oxygens (including phenoxy) is 2. The first-order chi connectivity index (χ1) is 14.2. The highest BCUT2D eigenvalue weighted by molar-refractivity contribution is 5.91. The van der Waals surface area contributed by atoms with E-state index in [-0.39, 0.29) is 5.91 Å². The molecule has 154 valence electrons. The van der Waals surface area contributed by atoms with Crippen LogP contribution in [0.2, 0.25) is 0 Å². The molecule has 0 bridgehead atoms. The molecule has 0 spiro atoms. The van der Waals surface area contributed by atoms with Gasteiger partial charge in [-0.05, 0) is 61.2 Å². The maximum Gasteiger partial charge on any atom is 0.244 e. The zero-order valence-corrected chi connectivity index (χ0v) is 17.3. The standard InChI is InChI=1S/C24H30N2O3/c1-28-22-10-8-19(16-23(22)29-2)9-11-24(27)25-17-20-12-14-26(15-13-20)18-21-6-4-3-5-7-21/h3-11,16,20H,12-15,17-18H2,1-2H3,(H,25,27)/b11-9+. The molecule has 1 amide bonds. The number of nitrogens with zero attached hydrogens (tertiary/aromatic N) is 1. The molecule has 0 saturated carbocycles. The molecule has 1 heterocycles. The van der Waals surface area contributed by atoms with E-state index in [2.05, 4.69) is 40.5 Å². The van der Waals surface area contributed by atoms with Crippen LogP contribution in [0.15, 0.2) is 54.6 Å². The largest absolute Gasteiger partial charge is 0.493 e. The van der Waals surface area contributed by atoms with Crippen molar-refractivity contribution in [2.45, 2.75) is 19.4 Å². The molecule has 2 aromatic carbocycles. The van der Waals surface area contributed by atoms with Gasteiger partial charge in [-0.2, -0.15) is 0 Å². The minimum Gasteiger partial charge on any atom is -0.493 e. The Bertz CT molecular complexity index is 812. The molecule has 0 atom stereocenters. The van der Waals surface area contributed by atoms with Crippen LogP contribution >= 0.6 is 0 Å². The third-order valence-corrected chi connectivity index (χ3v) is 5.36. The second kappa shape index (κ2) is 10.7. The van der Waals surface area contributed by atoms with Crippen LogP contribution in [-0.4, -0.2) is 44.7 Å². The lowest BCUT2D eigenvalue weighted by Crippen LogP contribution is -2.38. The van der Waals surface area contributed by atoms with E-state index in [1.54, 1.807) is 26.4 Å². The molecule has 1 aliphatic rings. The Kier molecular flexibility index (Phi) is 7.70. The summed E-state index contributed by atoms with van der Waals surface area (Å²) in [4.78, 5) is 14.7. The van der Waals surface area contributed by atoms with E-state index in [9.17, 15) is 4.79 Å². The monoisotopic (exact) mass is 394 g/mol. The predicted octanol–water partition coefficient (Wildman–Crippen LogP) is 3.75. The van der Waals surface area contributed by atoms with E-state index in [0.29, 0.717) is 17.4 Å². The molecular formula is C24H30N2O3. The molecule has 1 N–H and O–H groups in total. The van der Waals surface area contributed by atoms with Gasteiger partial charge in [0.05, 0.1) is 14.2 Å². The Morgan fingerprint density at radius 3 is 2.48 bits per heavy atom. The van der Waals surface area contributed by atoms with Crippen molar-refractivity contribution < 1.29 is 14.3 Å². The van der Waals surface area contributed by atoms with E-state index in [0.717, 1.165) is 44.6 Å². The number of carbonyl (C=O) groups excluding carboxylic acids is 1. The van der Waals surface area contributed by atoms with E-state index in [4.69, 9.17) is 9.47 Å². The first-order valence-electron chi connectivity index (χ1n) is 10.1. The molecule has 0 radical (unpaired) electrons. The lowest BCUT2D eigenvalue weighted by atomic mass is 9.96. The molecule has 29 heavy (non-hydrogen) atoms. The Hall–Kier alpha value is -2.79. The topological polar surface area (TPSA) is 50.8 Å². The Labute approximate surface area is 173 Å². The van der Waals surface area contributed by atoms with Gasteiger partial charge in [0.2, 0.25) is 5.91 Å². The first-order valence-corrected chi connectivity index (χ1v) is 10.1. The first kappa shape index (κ1) is 20.9. The number of methoxy groups -OCH3 is 2. The third kappa shape index (κ3) is 6.36. The van der Waals surface area contributed by atoms with Crippen LogP contribution in [0.1, 0.15) is 24.0 Å². The van der Waals surface area contributed by atoms with Crippen molar-refractivity contribution in [1.82, 2.24) is 10.2 Å². The highest BCUT2D eigenvalue weighted by atomic mass is 16.5. The van der Waals surface area contributed by atoms with Crippen LogP contribution in [0, 0.1) is 5.92 Å². The Morgan fingerprint density at radius 2 is 1.79 bits per heavy atom. The number of rotatable bonds is 8. The van der Waals surface area contributed by atoms with Gasteiger partial charge >= 0.3 is 0 Å². The molecule has 3 rings (SSSR count). The van der Waals surface area contributed by atoms with Crippen LogP contribution in [0.5, 0.6) is 11.5 Å². The van der Waals surface area contributed by atoms with E-state index >= 15 is 0 Å². The van der Waals surface area contributed by atoms with Crippen LogP contribution in [0.3, 0.4) is 0 Å². The molecule has 1 aliphatic heterocycles. The summed E-state index contributed by atoms with van der Waals surface area (Å²) >= 11 is 0. The number of amides is 1. The van der Waals surface area contributed by atoms with Gasteiger partial charge in [-0.15, -0.1) is 0 Å². The fraction of sp³-hybridized carbons (Fsp3) is 0.375. The second-order valence-corrected chi connectivity index (χ2v) is 7.40. The maximum atomic E-state index is 12.2. The maximum absolute atomic E-state index is 12.2. The minimum atomic E-state index is -0.0634. The molecule has 0 unspecified atom stereocenters. The average molecular weight is 395 g/mol. The number of likely N-dealkylation sites (tertiary alicyclic amines) is 1. The van der Waals surface area contributed by atoms with E-state index in [1.807, 2.05) is 18.2 Å². The quantitative estimate of drug-likeness (QED) is 0.693. The fourth-order valence-corrected chi connectivity index (χ4v) is 3.62. The average Bonchev–Trinajstić information content (AvgIpc) is 2.77. The van der Waals surface area contributed by atoms with Gasteiger partial charge in [-0.1, -0.05) is 36.4 Å². The van der Waals surface area contributed by atoms with Gasteiger partial charge in [-0.25, -0.2) is 0 Å². The lowest BCUT2D eigenvalue weighted by Gasteiger charge is -2.32. The summed E-state index contributed by atoms with van der Waals surface area (Å²) in [7, 11) is 3.20. The third-order valence-electron chi connectivity index (χ3n) is 5.36. The molecule has 5 heteroatoms. The summed E-state index contributed by atoms with van der Waals surface area (Å²) in [5.41, 5.74) is 2.26. The van der Waals surface area contributed by atoms with Crippen molar-refractivity contribution in [2.75, 3.05) is 33.9 Å². The summed E-state index contributed by atoms with van der Waals surface area (Å²) in [5.74, 6) is 1.80. The van der Waals surface area contributed by atoms with E-state index < -0.39 is 0 Å². The van der Waals surface area contributed by atoms with Gasteiger partial charge in [0, 0.05) is 19.2 Å². The number of piperidine rings is 1. The number of carbonyl (C=O) groups is 1. The fourth-order valence-electron chi connectivity index (χ4n) is 3.62. The Morgan fingerprint density at radius 1 is 1.07 bits per heavy atom. The number of hydrogen-bond acceptors (Lipinski definition) is 4. The second-order valence-electron chi connectivity index (χ2n) is 7.40. The number of hydrogen-bond donors (Lipinski definition) is 1. The van der Waals surface area contributed by atoms with E-state index in [1.165, 1.54) is 5.56 Å². The number of benzene rings is 2. The molecule has 5 nitrogen and oxygen atoms in total. The van der Waals surface area contributed by atoms with Crippen LogP contribution in [0.25, 0.3) is 6.08 Å². The van der Waals surface area contributed by atoms with Gasteiger partial charge < -0.3 is 14.8 Å². The normalized spacial score (nSPS) is 15.4. The van der Waals surface area contributed by atoms with Crippen LogP contribution in [-0.2, 0) is 11.3 Å². The number of nitrogens with one attached hydrogen (secondary N) is 1. The molecule has 1 fully saturated rings. The smallest absolute Gasteiger partial charge is 0.244 e. The zero-order chi connectivity index (χ0) is 20.5. The molecule has 1 saturated heterocycles. The summed E-state index contributed by atoms with van der Waals surface area (Å²) in [6.07, 6.45) is 5.60. The molecular weight excluding hydrogens is 364 g/mol. The van der Waals surface area contributed by atoms with Crippen LogP contribution < -0.4 is 14.8 Å². The SMILES string of the molecule is COc1ccc(/C=C/C(=O)NCC2CCN(Cc3ccccc3)CC2)cc1OC. The van der Waals surface area contributed by atoms with Gasteiger partial charge in [-0.3, -0.25) is 9.69 Å². The minimum absolute atomic E-state index is 0.0634. The molecule has 0 aromatic heterocycles. The van der Waals surface area contributed by atoms with Gasteiger partial charge in [0.15, 0.2) is 11.5 Å². The van der Waals surface area contributed by atoms with Crippen molar-refractivity contribution in [3.8, 4) is 11.5 Å². The van der Waals surface area contributed by atoms with Crippen molar-refractivity contribution in [3.63, 3.8) is 0 Å². The van der Waals surface area contributed by atoms with Crippen molar-refractivity contribution >= 4 is 12.0 Å². The lowest BCUT2D eigenvalue weighted by molar-refractivity contribution is -0.116. The molecule has 2 aromatic rings. The van der Waals surface area contributed by atoms with Crippen molar-refractivity contribution in [1.29, 1.82) is 0 Å². The van der Waals surface area contributed by atoms with Crippen LogP contribution in [0.4, 0.5) is 0 Å². The highest BCUT2D eigenvalue weighted by Gasteiger charge is 2.19. The molecule has 0 aliphatic carbocycles. The summed E-state index contributed by atoms with van der Waals surface area (Å²) in [6.45, 7) is 3.90. The summed E-state index contributed by atoms with van der Waals surface area (Å²) < 4.78 is 10.5. The zero-order valence-electron chi connectivity index (χ0n) is 17.3. The van der Waals surface area contributed by atoms with Gasteiger partial charge in [0.1, 0.15) is 0 Å². The van der Waals surface area contributed by atoms with Gasteiger partial charge in [0.25, 0.3) is 0 Å². The summed E-state index contributed by atoms with van der Waals surface area (Å²) in [5, 5.41) is 3.04. The predicted molar refractivity (Wildman–Crippen MR) is 116 cm³/mol. The highest BCUT2D eigenvalue weighted by Crippen LogP contribution is 2.28.